The number of nitrogens with zero attached hydrogens (tertiary/aromatic N) is 2. The molecule has 0 unspecified atom stereocenters. The quantitative estimate of drug-likeness (QED) is 0.628. The van der Waals surface area contributed by atoms with E-state index in [4.69, 9.17) is 4.74 Å². The van der Waals surface area contributed by atoms with Crippen molar-refractivity contribution in [2.75, 3.05) is 45.7 Å². The summed E-state index contributed by atoms with van der Waals surface area (Å²) in [5.74, 6) is 0.00970. The number of benzene rings is 2. The largest absolute Gasteiger partial charge is 0.495 e. The Morgan fingerprint density at radius 2 is 1.73 bits per heavy atom. The van der Waals surface area contributed by atoms with Crippen LogP contribution >= 0.6 is 0 Å². The molecule has 10 heteroatoms. The number of amides is 3. The van der Waals surface area contributed by atoms with Gasteiger partial charge in [-0.05, 0) is 55.4 Å². The van der Waals surface area contributed by atoms with Gasteiger partial charge in [0.2, 0.25) is 15.9 Å². The number of hydrogen-bond acceptors (Lipinski definition) is 5. The van der Waals surface area contributed by atoms with Gasteiger partial charge in [-0.2, -0.15) is 0 Å². The van der Waals surface area contributed by atoms with Gasteiger partial charge in [-0.1, -0.05) is 18.2 Å². The molecule has 33 heavy (non-hydrogen) atoms. The van der Waals surface area contributed by atoms with Gasteiger partial charge >= 0.3 is 6.03 Å². The summed E-state index contributed by atoms with van der Waals surface area (Å²) in [5.41, 5.74) is 2.34. The average molecular weight is 473 g/mol. The molecule has 0 bridgehead atoms. The molecule has 0 atom stereocenters. The molecule has 0 aromatic heterocycles. The molecular formula is C23H28N4O5S. The molecule has 1 heterocycles. The number of sulfonamides is 1. The van der Waals surface area contributed by atoms with Crippen LogP contribution in [0.15, 0.2) is 53.4 Å². The fourth-order valence-electron chi connectivity index (χ4n) is 3.45. The zero-order valence-electron chi connectivity index (χ0n) is 18.9. The third kappa shape index (κ3) is 6.11. The Morgan fingerprint density at radius 1 is 1.03 bits per heavy atom. The van der Waals surface area contributed by atoms with E-state index in [-0.39, 0.29) is 22.6 Å². The molecule has 0 aliphatic carbocycles. The second-order valence-corrected chi connectivity index (χ2v) is 9.42. The predicted molar refractivity (Wildman–Crippen MR) is 127 cm³/mol. The van der Waals surface area contributed by atoms with Crippen molar-refractivity contribution in [2.45, 2.75) is 11.8 Å². The number of methoxy groups -OCH3 is 1. The van der Waals surface area contributed by atoms with Crippen LogP contribution in [0.5, 0.6) is 5.75 Å². The molecular weight excluding hydrogens is 444 g/mol. The van der Waals surface area contributed by atoms with Crippen LogP contribution in [0.4, 0.5) is 10.5 Å². The first kappa shape index (κ1) is 24.3. The minimum atomic E-state index is -3.71. The Balaban J connectivity index is 1.59. The van der Waals surface area contributed by atoms with Crippen LogP contribution < -0.4 is 14.8 Å². The van der Waals surface area contributed by atoms with Crippen LogP contribution in [0.1, 0.15) is 11.1 Å². The van der Waals surface area contributed by atoms with Gasteiger partial charge in [0.25, 0.3) is 0 Å². The summed E-state index contributed by atoms with van der Waals surface area (Å²) < 4.78 is 31.8. The van der Waals surface area contributed by atoms with Gasteiger partial charge in [-0.3, -0.25) is 4.79 Å². The lowest BCUT2D eigenvalue weighted by Crippen LogP contribution is -2.51. The maximum Gasteiger partial charge on any atom is 0.321 e. The van der Waals surface area contributed by atoms with Gasteiger partial charge in [-0.15, -0.1) is 0 Å². The molecule has 0 saturated carbocycles. The number of anilines is 1. The Kier molecular flexibility index (Phi) is 7.72. The minimum Gasteiger partial charge on any atom is -0.495 e. The maximum absolute atomic E-state index is 12.6. The number of piperazine rings is 1. The molecule has 3 amide bonds. The molecule has 0 radical (unpaired) electrons. The topological polar surface area (TPSA) is 108 Å². The highest BCUT2D eigenvalue weighted by atomic mass is 32.2. The van der Waals surface area contributed by atoms with E-state index in [9.17, 15) is 18.0 Å². The zero-order valence-corrected chi connectivity index (χ0v) is 19.7. The number of ether oxygens (including phenoxy) is 1. The lowest BCUT2D eigenvalue weighted by Gasteiger charge is -2.34. The number of rotatable bonds is 6. The third-order valence-electron chi connectivity index (χ3n) is 5.31. The van der Waals surface area contributed by atoms with E-state index in [0.29, 0.717) is 31.7 Å². The van der Waals surface area contributed by atoms with E-state index in [1.54, 1.807) is 28.0 Å². The fraction of sp³-hybridized carbons (Fsp3) is 0.304. The first-order valence-corrected chi connectivity index (χ1v) is 11.9. The molecule has 0 spiro atoms. The summed E-state index contributed by atoms with van der Waals surface area (Å²) in [6, 6.07) is 12.0. The molecule has 2 aromatic rings. The molecule has 1 aliphatic rings. The van der Waals surface area contributed by atoms with Crippen molar-refractivity contribution in [1.29, 1.82) is 0 Å². The van der Waals surface area contributed by atoms with Gasteiger partial charge in [0.05, 0.1) is 7.11 Å². The standard InChI is InChI=1S/C23H28N4O5S/c1-17-5-4-6-19(15-17)25-23(29)27-13-11-26(12-14-27)22(28)10-8-18-7-9-20(32-3)21(16-18)33(30,31)24-2/h4-10,15-16,24H,11-14H2,1-3H3,(H,25,29)/b10-8+. The summed E-state index contributed by atoms with van der Waals surface area (Å²) in [4.78, 5) is 28.4. The van der Waals surface area contributed by atoms with Crippen LogP contribution in [0.25, 0.3) is 6.08 Å². The van der Waals surface area contributed by atoms with Crippen LogP contribution in [-0.2, 0) is 14.8 Å². The molecule has 1 aliphatic heterocycles. The monoisotopic (exact) mass is 472 g/mol. The highest BCUT2D eigenvalue weighted by Crippen LogP contribution is 2.25. The summed E-state index contributed by atoms with van der Waals surface area (Å²) in [7, 11) is -0.996. The molecule has 2 aromatic carbocycles. The second kappa shape index (κ2) is 10.5. The van der Waals surface area contributed by atoms with E-state index in [0.717, 1.165) is 11.3 Å². The van der Waals surface area contributed by atoms with Crippen molar-refractivity contribution < 1.29 is 22.7 Å². The molecule has 9 nitrogen and oxygen atoms in total. The van der Waals surface area contributed by atoms with Crippen LogP contribution in [0.3, 0.4) is 0 Å². The SMILES string of the molecule is CNS(=O)(=O)c1cc(/C=C/C(=O)N2CCN(C(=O)Nc3cccc(C)c3)CC2)ccc1OC. The molecule has 1 fully saturated rings. The second-order valence-electron chi connectivity index (χ2n) is 7.56. The van der Waals surface area contributed by atoms with E-state index >= 15 is 0 Å². The van der Waals surface area contributed by atoms with Crippen LogP contribution in [0.2, 0.25) is 0 Å². The normalized spacial score (nSPS) is 14.4. The number of urea groups is 1. The number of aryl methyl sites for hydroxylation is 1. The Labute approximate surface area is 194 Å². The van der Waals surface area contributed by atoms with Crippen molar-refractivity contribution in [3.05, 3.63) is 59.7 Å². The Morgan fingerprint density at radius 3 is 2.36 bits per heavy atom. The van der Waals surface area contributed by atoms with E-state index in [1.807, 2.05) is 31.2 Å². The first-order chi connectivity index (χ1) is 15.7. The average Bonchev–Trinajstić information content (AvgIpc) is 2.82. The van der Waals surface area contributed by atoms with Gasteiger partial charge in [0, 0.05) is 37.9 Å². The van der Waals surface area contributed by atoms with Crippen molar-refractivity contribution in [2.24, 2.45) is 0 Å². The Bertz CT molecular complexity index is 1160. The highest BCUT2D eigenvalue weighted by molar-refractivity contribution is 7.89. The number of carbonyl (C=O) groups is 2. The molecule has 2 N–H and O–H groups in total. The predicted octanol–water partition coefficient (Wildman–Crippen LogP) is 2.30. The molecule has 176 valence electrons. The zero-order chi connectivity index (χ0) is 24.0. The molecule has 3 rings (SSSR count). The summed E-state index contributed by atoms with van der Waals surface area (Å²) in [6.07, 6.45) is 2.97. The van der Waals surface area contributed by atoms with E-state index in [2.05, 4.69) is 10.0 Å². The lowest BCUT2D eigenvalue weighted by atomic mass is 10.2. The van der Waals surface area contributed by atoms with Gasteiger partial charge in [0.15, 0.2) is 0 Å². The molecule has 1 saturated heterocycles. The maximum atomic E-state index is 12.6. The highest BCUT2D eigenvalue weighted by Gasteiger charge is 2.23. The lowest BCUT2D eigenvalue weighted by molar-refractivity contribution is -0.127. The fourth-order valence-corrected chi connectivity index (χ4v) is 4.37. The summed E-state index contributed by atoms with van der Waals surface area (Å²) in [5, 5.41) is 2.88. The third-order valence-corrected chi connectivity index (χ3v) is 6.75. The first-order valence-electron chi connectivity index (χ1n) is 10.4. The Hall–Kier alpha value is -3.37. The summed E-state index contributed by atoms with van der Waals surface area (Å²) in [6.45, 7) is 3.62. The van der Waals surface area contributed by atoms with Gasteiger partial charge < -0.3 is 19.9 Å². The number of nitrogens with one attached hydrogen (secondary N) is 2. The van der Waals surface area contributed by atoms with Crippen LogP contribution in [0, 0.1) is 6.92 Å². The van der Waals surface area contributed by atoms with Crippen LogP contribution in [-0.4, -0.2) is 70.5 Å². The van der Waals surface area contributed by atoms with Crippen molar-refractivity contribution in [1.82, 2.24) is 14.5 Å². The van der Waals surface area contributed by atoms with Crippen molar-refractivity contribution >= 4 is 33.7 Å². The minimum absolute atomic E-state index is 0.00432. The number of carbonyl (C=O) groups excluding carboxylic acids is 2. The van der Waals surface area contributed by atoms with Gasteiger partial charge in [-0.25, -0.2) is 17.9 Å². The van der Waals surface area contributed by atoms with Crippen molar-refractivity contribution in [3.8, 4) is 5.75 Å². The van der Waals surface area contributed by atoms with E-state index in [1.165, 1.54) is 26.3 Å². The summed E-state index contributed by atoms with van der Waals surface area (Å²) >= 11 is 0. The van der Waals surface area contributed by atoms with E-state index < -0.39 is 10.0 Å². The smallest absolute Gasteiger partial charge is 0.321 e. The number of hydrogen-bond donors (Lipinski definition) is 2. The van der Waals surface area contributed by atoms with Gasteiger partial charge in [0.1, 0.15) is 10.6 Å². The van der Waals surface area contributed by atoms with Crippen molar-refractivity contribution in [3.63, 3.8) is 0 Å².